The van der Waals surface area contributed by atoms with Crippen molar-refractivity contribution in [3.8, 4) is 0 Å². The van der Waals surface area contributed by atoms with Gasteiger partial charge in [-0.2, -0.15) is 0 Å². The van der Waals surface area contributed by atoms with Crippen LogP contribution in [0.2, 0.25) is 0 Å². The van der Waals surface area contributed by atoms with E-state index in [1.807, 2.05) is 6.92 Å². The second kappa shape index (κ2) is 17.9. The Hall–Kier alpha value is -0.476. The van der Waals surface area contributed by atoms with Crippen LogP contribution in [-0.2, 0) is 47.0 Å². The third-order valence-corrected chi connectivity index (χ3v) is 12.2. The van der Waals surface area contributed by atoms with E-state index in [-0.39, 0.29) is 51.2 Å². The van der Waals surface area contributed by atoms with Crippen molar-refractivity contribution in [1.29, 1.82) is 0 Å². The summed E-state index contributed by atoms with van der Waals surface area (Å²) in [4.78, 5) is 21.3. The first-order chi connectivity index (χ1) is 19.4. The molecule has 0 bridgehead atoms. The molecule has 0 aromatic heterocycles. The molecule has 0 aromatic rings. The number of hydrogen-bond acceptors (Lipinski definition) is 3. The second-order valence-corrected chi connectivity index (χ2v) is 14.4. The average Bonchev–Trinajstić information content (AvgIpc) is 3.32. The van der Waals surface area contributed by atoms with Gasteiger partial charge in [0.2, 0.25) is 0 Å². The number of esters is 1. The van der Waals surface area contributed by atoms with Crippen LogP contribution in [0.4, 0.5) is 0 Å². The van der Waals surface area contributed by atoms with E-state index in [0.29, 0.717) is 17.3 Å². The maximum absolute atomic E-state index is 11.9. The summed E-state index contributed by atoms with van der Waals surface area (Å²) in [6.45, 7) is 24.6. The number of carboxylic acids is 1. The molecule has 239 valence electrons. The minimum absolute atomic E-state index is 0. The zero-order chi connectivity index (χ0) is 31.0. The molecular weight excluding hydrogens is 597 g/mol. The van der Waals surface area contributed by atoms with Gasteiger partial charge in [-0.05, 0) is 104 Å². The van der Waals surface area contributed by atoms with Crippen LogP contribution in [0.25, 0.3) is 0 Å². The van der Waals surface area contributed by atoms with Gasteiger partial charge in [0.25, 0.3) is 0 Å². The molecular formula is C37H64O4Y. The van der Waals surface area contributed by atoms with Gasteiger partial charge >= 0.3 is 11.9 Å². The molecule has 4 aliphatic rings. The molecule has 3 fully saturated rings. The topological polar surface area (TPSA) is 63.6 Å². The van der Waals surface area contributed by atoms with Crippen molar-refractivity contribution < 1.29 is 52.1 Å². The van der Waals surface area contributed by atoms with E-state index in [2.05, 4.69) is 60.8 Å². The molecule has 0 aromatic carbocycles. The van der Waals surface area contributed by atoms with Gasteiger partial charge in [-0.3, -0.25) is 9.59 Å². The van der Waals surface area contributed by atoms with Crippen LogP contribution < -0.4 is 0 Å². The smallest absolute Gasteiger partial charge is 0.305 e. The summed E-state index contributed by atoms with van der Waals surface area (Å²) in [5, 5.41) is 7.72. The molecule has 9 atom stereocenters. The van der Waals surface area contributed by atoms with Crippen LogP contribution in [0, 0.1) is 52.3 Å². The number of carbonyl (C=O) groups is 2. The minimum atomic E-state index is -0.745. The molecule has 4 rings (SSSR count). The van der Waals surface area contributed by atoms with Crippen molar-refractivity contribution in [2.75, 3.05) is 0 Å². The van der Waals surface area contributed by atoms with Gasteiger partial charge in [0.1, 0.15) is 6.10 Å². The third kappa shape index (κ3) is 9.05. The van der Waals surface area contributed by atoms with E-state index < -0.39 is 5.97 Å². The van der Waals surface area contributed by atoms with Gasteiger partial charge in [-0.1, -0.05) is 79.9 Å². The predicted octanol–water partition coefficient (Wildman–Crippen LogP) is 10.3. The molecule has 5 heteroatoms. The summed E-state index contributed by atoms with van der Waals surface area (Å²) in [7, 11) is 0. The van der Waals surface area contributed by atoms with Gasteiger partial charge < -0.3 is 9.84 Å². The van der Waals surface area contributed by atoms with E-state index in [0.717, 1.165) is 54.3 Å². The molecule has 1 radical (unpaired) electrons. The second-order valence-electron chi connectivity index (χ2n) is 14.4. The maximum Gasteiger partial charge on any atom is 0.305 e. The Bertz CT molecular complexity index is 883. The fraction of sp³-hybridized carbons (Fsp3) is 0.838. The first-order valence-electron chi connectivity index (χ1n) is 17.0. The number of carbonyl (C=O) groups excluding carboxylic acids is 1. The Morgan fingerprint density at radius 2 is 1.62 bits per heavy atom. The van der Waals surface area contributed by atoms with E-state index in [9.17, 15) is 9.59 Å². The fourth-order valence-electron chi connectivity index (χ4n) is 9.66. The monoisotopic (exact) mass is 661 g/mol. The van der Waals surface area contributed by atoms with E-state index in [1.54, 1.807) is 12.5 Å². The molecule has 4 aliphatic carbocycles. The fourth-order valence-corrected chi connectivity index (χ4v) is 9.66. The Morgan fingerprint density at radius 1 is 0.976 bits per heavy atom. The SMILES string of the molecule is C=C.CCC(=O)O.CCC(=O)OC1CCC2(C)C(=CCC3C2CCC2(C)C(C(C)CCC(CC)C(C)C)CCC32)C1.[Y]. The van der Waals surface area contributed by atoms with Crippen LogP contribution in [0.1, 0.15) is 139 Å². The van der Waals surface area contributed by atoms with Gasteiger partial charge in [0.15, 0.2) is 0 Å². The van der Waals surface area contributed by atoms with Gasteiger partial charge in [0, 0.05) is 52.0 Å². The largest absolute Gasteiger partial charge is 0.481 e. The van der Waals surface area contributed by atoms with Gasteiger partial charge in [0.05, 0.1) is 0 Å². The molecule has 0 spiro atoms. The molecule has 42 heavy (non-hydrogen) atoms. The van der Waals surface area contributed by atoms with E-state index in [4.69, 9.17) is 9.84 Å². The summed E-state index contributed by atoms with van der Waals surface area (Å²) in [6.07, 6.45) is 17.9. The summed E-state index contributed by atoms with van der Waals surface area (Å²) < 4.78 is 5.78. The quantitative estimate of drug-likeness (QED) is 0.197. The van der Waals surface area contributed by atoms with Crippen molar-refractivity contribution in [3.63, 3.8) is 0 Å². The van der Waals surface area contributed by atoms with Crippen LogP contribution >= 0.6 is 0 Å². The Labute approximate surface area is 284 Å². The summed E-state index contributed by atoms with van der Waals surface area (Å²) in [6, 6.07) is 0. The number of allylic oxidation sites excluding steroid dienone is 1. The van der Waals surface area contributed by atoms with E-state index >= 15 is 0 Å². The predicted molar refractivity (Wildman–Crippen MR) is 172 cm³/mol. The molecule has 0 heterocycles. The van der Waals surface area contributed by atoms with Crippen molar-refractivity contribution in [1.82, 2.24) is 0 Å². The van der Waals surface area contributed by atoms with Crippen molar-refractivity contribution in [2.24, 2.45) is 52.3 Å². The number of fused-ring (bicyclic) bond motifs is 5. The standard InChI is InChI=1S/C32H54O2.C3H6O2.C2H4.Y/c1-8-23(21(3)4)11-10-22(5)27-14-15-28-26-13-12-24-20-25(34-30(33)9-2)16-18-31(24,6)29(26)17-19-32(27,28)7;1-2-3(4)5;1-2;/h12,21-23,25-29H,8-11,13-20H2,1-7H3;2H2,1H3,(H,4,5);1-2H2;. The molecule has 3 saturated carbocycles. The number of aliphatic carboxylic acids is 1. The Kier molecular flexibility index (Phi) is 16.8. The number of hydrogen-bond donors (Lipinski definition) is 1. The molecule has 1 N–H and O–H groups in total. The first-order valence-corrected chi connectivity index (χ1v) is 17.0. The molecule has 9 unspecified atom stereocenters. The van der Waals surface area contributed by atoms with Gasteiger partial charge in [-0.15, -0.1) is 13.2 Å². The normalized spacial score (nSPS) is 34.3. The average molecular weight is 662 g/mol. The molecule has 0 aliphatic heterocycles. The summed E-state index contributed by atoms with van der Waals surface area (Å²) in [5.74, 6) is 5.37. The summed E-state index contributed by atoms with van der Waals surface area (Å²) in [5.41, 5.74) is 2.52. The maximum atomic E-state index is 11.9. The van der Waals surface area contributed by atoms with Crippen LogP contribution in [-0.4, -0.2) is 23.1 Å². The zero-order valence-corrected chi connectivity index (χ0v) is 31.4. The van der Waals surface area contributed by atoms with Crippen molar-refractivity contribution >= 4 is 11.9 Å². The first kappa shape index (κ1) is 39.5. The molecule has 4 nitrogen and oxygen atoms in total. The number of carboxylic acid groups (broad SMARTS) is 1. The van der Waals surface area contributed by atoms with Crippen LogP contribution in [0.5, 0.6) is 0 Å². The minimum Gasteiger partial charge on any atom is -0.481 e. The Balaban J connectivity index is 0.000000999. The van der Waals surface area contributed by atoms with Crippen molar-refractivity contribution in [3.05, 3.63) is 24.8 Å². The molecule has 0 amide bonds. The van der Waals surface area contributed by atoms with Crippen LogP contribution in [0.3, 0.4) is 0 Å². The van der Waals surface area contributed by atoms with Crippen molar-refractivity contribution in [2.45, 2.75) is 145 Å². The van der Waals surface area contributed by atoms with Crippen LogP contribution in [0.15, 0.2) is 24.8 Å². The van der Waals surface area contributed by atoms with E-state index in [1.165, 1.54) is 57.8 Å². The third-order valence-electron chi connectivity index (χ3n) is 12.2. The number of ether oxygens (including phenoxy) is 1. The zero-order valence-electron chi connectivity index (χ0n) is 28.6. The number of rotatable bonds is 9. The van der Waals surface area contributed by atoms with Gasteiger partial charge in [-0.25, -0.2) is 0 Å². The Morgan fingerprint density at radius 3 is 2.17 bits per heavy atom. The molecule has 0 saturated heterocycles. The summed E-state index contributed by atoms with van der Waals surface area (Å²) >= 11 is 0.